The number of azo groups is 1. The van der Waals surface area contributed by atoms with Gasteiger partial charge in [-0.25, -0.2) is 23.2 Å². The average molecular weight is 636 g/mol. The van der Waals surface area contributed by atoms with Gasteiger partial charge in [0.2, 0.25) is 5.95 Å². The van der Waals surface area contributed by atoms with Gasteiger partial charge in [-0.3, -0.25) is 9.89 Å². The first kappa shape index (κ1) is 29.5. The van der Waals surface area contributed by atoms with Crippen molar-refractivity contribution in [3.8, 4) is 5.88 Å². The van der Waals surface area contributed by atoms with Gasteiger partial charge >= 0.3 is 5.97 Å². The number of hydrogen-bond donors (Lipinski definition) is 1. The number of rotatable bonds is 8. The standard InChI is InChI=1S/C28H19Cl2N7O5S/c1-17-24(25(36-33-17)42-27(39)19-5-9-21(30)10-6-19)35-34-22-11-13-23(14-12-22)43(40,41)37(28-31-15-2-16-32-28)26(38)18-3-7-20(29)8-4-18/h2-16H,1H3,(H,33,36). The summed E-state index contributed by atoms with van der Waals surface area (Å²) >= 11 is 11.8. The molecule has 216 valence electrons. The van der Waals surface area contributed by atoms with Gasteiger partial charge in [-0.2, -0.15) is 9.42 Å². The zero-order valence-corrected chi connectivity index (χ0v) is 24.4. The van der Waals surface area contributed by atoms with Crippen LogP contribution in [0.25, 0.3) is 0 Å². The molecule has 0 aliphatic carbocycles. The minimum absolute atomic E-state index is 0.0638. The highest BCUT2D eigenvalue weighted by atomic mass is 35.5. The predicted octanol–water partition coefficient (Wildman–Crippen LogP) is 6.49. The molecule has 1 amide bonds. The van der Waals surface area contributed by atoms with Crippen LogP contribution in [0.1, 0.15) is 26.4 Å². The van der Waals surface area contributed by atoms with Crippen LogP contribution in [0.2, 0.25) is 10.0 Å². The van der Waals surface area contributed by atoms with Crippen LogP contribution in [-0.4, -0.2) is 40.5 Å². The number of benzene rings is 3. The molecule has 3 aromatic carbocycles. The number of sulfonamides is 1. The first-order valence-corrected chi connectivity index (χ1v) is 14.5. The zero-order valence-electron chi connectivity index (χ0n) is 22.0. The van der Waals surface area contributed by atoms with Crippen molar-refractivity contribution in [3.63, 3.8) is 0 Å². The second-order valence-corrected chi connectivity index (χ2v) is 11.4. The van der Waals surface area contributed by atoms with Gasteiger partial charge < -0.3 is 4.74 Å². The van der Waals surface area contributed by atoms with Crippen LogP contribution in [0, 0.1) is 6.92 Å². The number of nitrogens with zero attached hydrogens (tertiary/aromatic N) is 6. The molecule has 0 aliphatic heterocycles. The third kappa shape index (κ3) is 6.59. The average Bonchev–Trinajstić information content (AvgIpc) is 3.35. The normalized spacial score (nSPS) is 11.4. The number of aromatic nitrogens is 4. The molecule has 0 fully saturated rings. The van der Waals surface area contributed by atoms with Gasteiger partial charge in [0.25, 0.3) is 21.8 Å². The van der Waals surface area contributed by atoms with Crippen molar-refractivity contribution in [3.05, 3.63) is 118 Å². The van der Waals surface area contributed by atoms with E-state index in [1.54, 1.807) is 19.1 Å². The van der Waals surface area contributed by atoms with E-state index in [4.69, 9.17) is 27.9 Å². The number of carbonyl (C=O) groups is 2. The number of nitrogens with one attached hydrogen (secondary N) is 1. The molecule has 0 unspecified atom stereocenters. The number of amides is 1. The largest absolute Gasteiger partial charge is 0.400 e. The summed E-state index contributed by atoms with van der Waals surface area (Å²) < 4.78 is 33.2. The molecule has 0 atom stereocenters. The number of carbonyl (C=O) groups excluding carboxylic acids is 2. The minimum atomic E-state index is -4.47. The topological polar surface area (TPSA) is 160 Å². The Bertz CT molecular complexity index is 1920. The van der Waals surface area contributed by atoms with E-state index in [0.717, 1.165) is 0 Å². The molecule has 0 aliphatic rings. The molecule has 0 bridgehead atoms. The predicted molar refractivity (Wildman–Crippen MR) is 158 cm³/mol. The Morgan fingerprint density at radius 3 is 2.02 bits per heavy atom. The maximum atomic E-state index is 13.7. The van der Waals surface area contributed by atoms with Gasteiger partial charge in [0.1, 0.15) is 0 Å². The summed E-state index contributed by atoms with van der Waals surface area (Å²) in [6.45, 7) is 1.66. The smallest absolute Gasteiger partial charge is 0.344 e. The quantitative estimate of drug-likeness (QED) is 0.150. The third-order valence-electron chi connectivity index (χ3n) is 5.80. The van der Waals surface area contributed by atoms with Crippen LogP contribution in [0.15, 0.2) is 106 Å². The molecular formula is C28H19Cl2N7O5S. The summed E-state index contributed by atoms with van der Waals surface area (Å²) in [6, 6.07) is 18.7. The van der Waals surface area contributed by atoms with E-state index in [0.29, 0.717) is 20.0 Å². The number of anilines is 1. The van der Waals surface area contributed by atoms with Crippen molar-refractivity contribution in [2.24, 2.45) is 10.2 Å². The van der Waals surface area contributed by atoms with Gasteiger partial charge in [0, 0.05) is 28.0 Å². The molecule has 0 saturated heterocycles. The molecule has 0 spiro atoms. The van der Waals surface area contributed by atoms with Gasteiger partial charge in [-0.05, 0) is 85.8 Å². The Hall–Kier alpha value is -4.98. The molecule has 5 aromatic rings. The van der Waals surface area contributed by atoms with E-state index in [9.17, 15) is 18.0 Å². The summed E-state index contributed by atoms with van der Waals surface area (Å²) in [6.07, 6.45) is 2.64. The molecule has 0 saturated carbocycles. The minimum Gasteiger partial charge on any atom is -0.400 e. The number of hydrogen-bond acceptors (Lipinski definition) is 10. The number of H-pyrrole nitrogens is 1. The second-order valence-electron chi connectivity index (χ2n) is 8.72. The van der Waals surface area contributed by atoms with E-state index >= 15 is 0 Å². The fourth-order valence-corrected chi connectivity index (χ4v) is 5.21. The lowest BCUT2D eigenvalue weighted by atomic mass is 10.2. The Balaban J connectivity index is 1.39. The van der Waals surface area contributed by atoms with Crippen LogP contribution in [-0.2, 0) is 10.0 Å². The van der Waals surface area contributed by atoms with Gasteiger partial charge in [0.05, 0.1) is 21.8 Å². The Labute approximate surface area is 255 Å². The van der Waals surface area contributed by atoms with E-state index in [-0.39, 0.29) is 39.2 Å². The van der Waals surface area contributed by atoms with Crippen molar-refractivity contribution < 1.29 is 22.7 Å². The monoisotopic (exact) mass is 635 g/mol. The number of aromatic amines is 1. The van der Waals surface area contributed by atoms with Crippen molar-refractivity contribution in [2.45, 2.75) is 11.8 Å². The van der Waals surface area contributed by atoms with Gasteiger partial charge in [0.15, 0.2) is 5.69 Å². The molecule has 15 heteroatoms. The first-order chi connectivity index (χ1) is 20.6. The molecule has 2 heterocycles. The maximum Gasteiger partial charge on any atom is 0.344 e. The molecule has 2 aromatic heterocycles. The van der Waals surface area contributed by atoms with Crippen LogP contribution in [0.5, 0.6) is 5.88 Å². The molecule has 5 rings (SSSR count). The van der Waals surface area contributed by atoms with E-state index in [1.807, 2.05) is 0 Å². The Morgan fingerprint density at radius 2 is 1.42 bits per heavy atom. The second kappa shape index (κ2) is 12.5. The van der Waals surface area contributed by atoms with E-state index in [2.05, 4.69) is 30.4 Å². The lowest BCUT2D eigenvalue weighted by Crippen LogP contribution is -2.38. The number of aryl methyl sites for hydroxylation is 1. The van der Waals surface area contributed by atoms with Crippen LogP contribution < -0.4 is 9.04 Å². The van der Waals surface area contributed by atoms with E-state index < -0.39 is 21.9 Å². The first-order valence-electron chi connectivity index (χ1n) is 12.3. The zero-order chi connectivity index (χ0) is 30.6. The summed E-state index contributed by atoms with van der Waals surface area (Å²) in [4.78, 5) is 33.6. The summed E-state index contributed by atoms with van der Waals surface area (Å²) in [5, 5.41) is 15.8. The fourth-order valence-electron chi connectivity index (χ4n) is 3.63. The third-order valence-corrected chi connectivity index (χ3v) is 7.98. The maximum absolute atomic E-state index is 13.7. The molecule has 43 heavy (non-hydrogen) atoms. The Morgan fingerprint density at radius 1 is 0.837 bits per heavy atom. The van der Waals surface area contributed by atoms with Crippen LogP contribution in [0.4, 0.5) is 17.3 Å². The highest BCUT2D eigenvalue weighted by Gasteiger charge is 2.34. The highest BCUT2D eigenvalue weighted by molar-refractivity contribution is 7.93. The lowest BCUT2D eigenvalue weighted by molar-refractivity contribution is 0.0728. The van der Waals surface area contributed by atoms with Crippen molar-refractivity contribution in [1.29, 1.82) is 0 Å². The van der Waals surface area contributed by atoms with Crippen molar-refractivity contribution >= 4 is 62.4 Å². The fraction of sp³-hybridized carbons (Fsp3) is 0.0357. The molecular weight excluding hydrogens is 617 g/mol. The summed E-state index contributed by atoms with van der Waals surface area (Å²) in [5.74, 6) is -1.97. The molecule has 12 nitrogen and oxygen atoms in total. The van der Waals surface area contributed by atoms with E-state index in [1.165, 1.54) is 79.1 Å². The molecule has 1 N–H and O–H groups in total. The summed E-state index contributed by atoms with van der Waals surface area (Å²) in [5.41, 5.74) is 1.23. The van der Waals surface area contributed by atoms with Crippen molar-refractivity contribution in [1.82, 2.24) is 20.2 Å². The SMILES string of the molecule is Cc1[nH]nc(OC(=O)c2ccc(Cl)cc2)c1N=Nc1ccc(S(=O)(=O)N(C(=O)c2ccc(Cl)cc2)c2ncccn2)cc1. The van der Waals surface area contributed by atoms with Crippen LogP contribution in [0.3, 0.4) is 0 Å². The van der Waals surface area contributed by atoms with Gasteiger partial charge in [-0.1, -0.05) is 23.2 Å². The highest BCUT2D eigenvalue weighted by Crippen LogP contribution is 2.32. The van der Waals surface area contributed by atoms with Crippen LogP contribution >= 0.6 is 23.2 Å². The van der Waals surface area contributed by atoms with Gasteiger partial charge in [-0.15, -0.1) is 10.2 Å². The number of ether oxygens (including phenoxy) is 1. The summed E-state index contributed by atoms with van der Waals surface area (Å²) in [7, 11) is -4.47. The lowest BCUT2D eigenvalue weighted by Gasteiger charge is -2.20. The van der Waals surface area contributed by atoms with Crippen molar-refractivity contribution in [2.75, 3.05) is 4.31 Å². The number of halogens is 2. The number of esters is 1. The Kier molecular flexibility index (Phi) is 8.57. The molecule has 0 radical (unpaired) electrons.